The first-order valence-corrected chi connectivity index (χ1v) is 20.2. The quantitative estimate of drug-likeness (QED) is 0.168. The van der Waals surface area contributed by atoms with Gasteiger partial charge in [-0.05, 0) is 121 Å². The van der Waals surface area contributed by atoms with Gasteiger partial charge < -0.3 is 4.90 Å². The van der Waals surface area contributed by atoms with Gasteiger partial charge in [-0.2, -0.15) is 5.26 Å². The van der Waals surface area contributed by atoms with Crippen molar-refractivity contribution < 1.29 is 0 Å². The fourth-order valence-corrected chi connectivity index (χ4v) is 10.0. The predicted molar refractivity (Wildman–Crippen MR) is 243 cm³/mol. The van der Waals surface area contributed by atoms with Crippen LogP contribution < -0.4 is 4.90 Å². The zero-order valence-corrected chi connectivity index (χ0v) is 32.6. The molecule has 0 saturated heterocycles. The van der Waals surface area contributed by atoms with Gasteiger partial charge in [0.15, 0.2) is 0 Å². The van der Waals surface area contributed by atoms with Crippen LogP contribution >= 0.6 is 0 Å². The summed E-state index contributed by atoms with van der Waals surface area (Å²) in [6, 6.07) is 67.9. The van der Waals surface area contributed by atoms with Crippen LogP contribution in [0.2, 0.25) is 0 Å². The first-order valence-electron chi connectivity index (χ1n) is 20.2. The van der Waals surface area contributed by atoms with Crippen molar-refractivity contribution in [3.05, 3.63) is 199 Å². The SMILES string of the molecule is CC1(C)c2cc(C#N)ccc2-c2ccc(-c3c4ccccc4c(-c4ccc5c(c4)N(c4ccccc4)c4cccc6nc(-c7ccccc7)n-5c46)c4ccccc34)cc21. The Morgan fingerprint density at radius 2 is 1.07 bits per heavy atom. The van der Waals surface area contributed by atoms with E-state index in [0.29, 0.717) is 5.56 Å². The van der Waals surface area contributed by atoms with Gasteiger partial charge in [0.05, 0.1) is 39.7 Å². The number of hydrogen-bond acceptors (Lipinski definition) is 3. The lowest BCUT2D eigenvalue weighted by Crippen LogP contribution is -2.18. The van der Waals surface area contributed by atoms with E-state index >= 15 is 0 Å². The molecule has 0 fully saturated rings. The number of rotatable bonds is 4. The van der Waals surface area contributed by atoms with Crippen molar-refractivity contribution in [3.63, 3.8) is 0 Å². The summed E-state index contributed by atoms with van der Waals surface area (Å²) >= 11 is 0. The van der Waals surface area contributed by atoms with Gasteiger partial charge in [0.2, 0.25) is 0 Å². The molecule has 9 aromatic carbocycles. The Bertz CT molecular complexity index is 3370. The molecule has 0 N–H and O–H groups in total. The van der Waals surface area contributed by atoms with Gasteiger partial charge in [-0.15, -0.1) is 0 Å². The van der Waals surface area contributed by atoms with E-state index in [2.05, 4.69) is 205 Å². The minimum absolute atomic E-state index is 0.243. The van der Waals surface area contributed by atoms with E-state index in [0.717, 1.165) is 50.7 Å². The molecule has 0 atom stereocenters. The molecule has 4 heteroatoms. The van der Waals surface area contributed by atoms with Gasteiger partial charge in [0, 0.05) is 16.7 Å². The zero-order chi connectivity index (χ0) is 39.4. The van der Waals surface area contributed by atoms with Crippen molar-refractivity contribution in [2.45, 2.75) is 19.3 Å². The summed E-state index contributed by atoms with van der Waals surface area (Å²) in [6.07, 6.45) is 0. The molecular formula is C55H36N4. The molecule has 59 heavy (non-hydrogen) atoms. The molecule has 1 aliphatic heterocycles. The smallest absolute Gasteiger partial charge is 0.145 e. The third kappa shape index (κ3) is 4.73. The fourth-order valence-electron chi connectivity index (χ4n) is 10.0. The standard InChI is InChI=1S/C55H36N4/c1-55(2)45-30-34(33-56)24-27-39(45)40-28-25-36(31-46(40)55)51-41-18-9-11-20-43(41)52(44-21-12-10-19-42(44)51)37-26-29-48-50(32-37)58(38-16-7-4-8-17-38)49-23-13-22-47-53(49)59(48)54(57-47)35-14-5-3-6-15-35/h3-32H,1-2H3. The Hall–Kier alpha value is -7.74. The number of anilines is 3. The molecule has 2 aliphatic rings. The van der Waals surface area contributed by atoms with E-state index in [1.807, 2.05) is 6.07 Å². The van der Waals surface area contributed by atoms with Crippen LogP contribution in [0, 0.1) is 11.3 Å². The van der Waals surface area contributed by atoms with E-state index in [1.54, 1.807) is 0 Å². The zero-order valence-electron chi connectivity index (χ0n) is 32.6. The summed E-state index contributed by atoms with van der Waals surface area (Å²) in [6.45, 7) is 4.57. The van der Waals surface area contributed by atoms with Crippen LogP contribution in [-0.2, 0) is 5.41 Å². The van der Waals surface area contributed by atoms with Crippen LogP contribution in [0.1, 0.15) is 30.5 Å². The number of hydrogen-bond donors (Lipinski definition) is 0. The van der Waals surface area contributed by atoms with Crippen molar-refractivity contribution in [1.82, 2.24) is 9.55 Å². The van der Waals surface area contributed by atoms with Gasteiger partial charge in [-0.25, -0.2) is 4.98 Å². The van der Waals surface area contributed by atoms with Crippen LogP contribution in [0.4, 0.5) is 17.1 Å². The van der Waals surface area contributed by atoms with Crippen LogP contribution in [0.15, 0.2) is 182 Å². The molecule has 0 spiro atoms. The summed E-state index contributed by atoms with van der Waals surface area (Å²) in [5.74, 6) is 0.932. The third-order valence-electron chi connectivity index (χ3n) is 12.7. The van der Waals surface area contributed by atoms with E-state index in [9.17, 15) is 5.26 Å². The number of para-hydroxylation sites is 2. The number of nitriles is 1. The van der Waals surface area contributed by atoms with E-state index < -0.39 is 0 Å². The second-order valence-corrected chi connectivity index (χ2v) is 16.3. The summed E-state index contributed by atoms with van der Waals surface area (Å²) in [5.41, 5.74) is 17.7. The van der Waals surface area contributed by atoms with Crippen molar-refractivity contribution in [2.75, 3.05) is 4.90 Å². The molecule has 1 aliphatic carbocycles. The van der Waals surface area contributed by atoms with Crippen LogP contribution in [0.25, 0.3) is 83.0 Å². The van der Waals surface area contributed by atoms with Gasteiger partial charge >= 0.3 is 0 Å². The molecule has 0 bridgehead atoms. The second kappa shape index (κ2) is 12.4. The molecule has 0 unspecified atom stereocenters. The van der Waals surface area contributed by atoms with E-state index in [4.69, 9.17) is 4.98 Å². The number of fused-ring (bicyclic) bond motifs is 7. The highest BCUT2D eigenvalue weighted by atomic mass is 15.2. The molecule has 4 nitrogen and oxygen atoms in total. The Labute approximate surface area is 342 Å². The maximum Gasteiger partial charge on any atom is 0.145 e. The molecular weight excluding hydrogens is 717 g/mol. The molecule has 0 saturated carbocycles. The highest BCUT2D eigenvalue weighted by molar-refractivity contribution is 6.22. The molecule has 0 radical (unpaired) electrons. The van der Waals surface area contributed by atoms with E-state index in [1.165, 1.54) is 60.5 Å². The summed E-state index contributed by atoms with van der Waals surface area (Å²) in [7, 11) is 0. The maximum absolute atomic E-state index is 9.74. The van der Waals surface area contributed by atoms with Crippen LogP contribution in [0.3, 0.4) is 0 Å². The summed E-state index contributed by atoms with van der Waals surface area (Å²) in [5, 5.41) is 14.6. The minimum Gasteiger partial charge on any atom is -0.306 e. The maximum atomic E-state index is 9.74. The molecule has 276 valence electrons. The summed E-state index contributed by atoms with van der Waals surface area (Å²) < 4.78 is 2.35. The lowest BCUT2D eigenvalue weighted by molar-refractivity contribution is 0.660. The lowest BCUT2D eigenvalue weighted by atomic mass is 9.80. The predicted octanol–water partition coefficient (Wildman–Crippen LogP) is 14.3. The van der Waals surface area contributed by atoms with Gasteiger partial charge in [-0.1, -0.05) is 141 Å². The lowest BCUT2D eigenvalue weighted by Gasteiger charge is -2.33. The van der Waals surface area contributed by atoms with Crippen molar-refractivity contribution >= 4 is 49.6 Å². The minimum atomic E-state index is -0.243. The number of benzene rings is 9. The fraction of sp³-hybridized carbons (Fsp3) is 0.0545. The number of nitrogens with zero attached hydrogens (tertiary/aromatic N) is 4. The Morgan fingerprint density at radius 1 is 0.492 bits per heavy atom. The monoisotopic (exact) mass is 752 g/mol. The van der Waals surface area contributed by atoms with E-state index in [-0.39, 0.29) is 5.41 Å². The van der Waals surface area contributed by atoms with Crippen molar-refractivity contribution in [2.24, 2.45) is 0 Å². The van der Waals surface area contributed by atoms with Crippen molar-refractivity contribution in [3.8, 4) is 56.5 Å². The highest BCUT2D eigenvalue weighted by Crippen LogP contribution is 2.53. The van der Waals surface area contributed by atoms with Gasteiger partial charge in [0.1, 0.15) is 5.82 Å². The van der Waals surface area contributed by atoms with Gasteiger partial charge in [0.25, 0.3) is 0 Å². The van der Waals surface area contributed by atoms with Crippen molar-refractivity contribution in [1.29, 1.82) is 5.26 Å². The average Bonchev–Trinajstić information content (AvgIpc) is 3.79. The number of aromatic nitrogens is 2. The Morgan fingerprint density at radius 3 is 1.73 bits per heavy atom. The van der Waals surface area contributed by atoms with Gasteiger partial charge in [-0.3, -0.25) is 4.57 Å². The first kappa shape index (κ1) is 33.4. The molecule has 0 amide bonds. The molecule has 10 aromatic rings. The number of imidazole rings is 1. The van der Waals surface area contributed by atoms with Crippen LogP contribution in [0.5, 0.6) is 0 Å². The first-order chi connectivity index (χ1) is 29.0. The Balaban J connectivity index is 1.10. The molecule has 12 rings (SSSR count). The summed E-state index contributed by atoms with van der Waals surface area (Å²) in [4.78, 5) is 7.66. The third-order valence-corrected chi connectivity index (χ3v) is 12.7. The normalized spacial score (nSPS) is 13.3. The highest BCUT2D eigenvalue weighted by Gasteiger charge is 2.36. The Kier molecular flexibility index (Phi) is 7.01. The molecule has 2 heterocycles. The largest absolute Gasteiger partial charge is 0.306 e. The second-order valence-electron chi connectivity index (χ2n) is 16.3. The average molecular weight is 753 g/mol. The molecule has 1 aromatic heterocycles. The topological polar surface area (TPSA) is 44.9 Å². The van der Waals surface area contributed by atoms with Crippen LogP contribution in [-0.4, -0.2) is 9.55 Å².